The van der Waals surface area contributed by atoms with Crippen molar-refractivity contribution in [2.24, 2.45) is 0 Å². The first-order chi connectivity index (χ1) is 5.34. The molecule has 0 amide bonds. The summed E-state index contributed by atoms with van der Waals surface area (Å²) in [5.41, 5.74) is 0. The Morgan fingerprint density at radius 1 is 1.73 bits per heavy atom. The van der Waals surface area contributed by atoms with Gasteiger partial charge in [0.15, 0.2) is 0 Å². The van der Waals surface area contributed by atoms with Crippen molar-refractivity contribution in [3.8, 4) is 0 Å². The van der Waals surface area contributed by atoms with Crippen molar-refractivity contribution in [2.75, 3.05) is 13.2 Å². The lowest BCUT2D eigenvalue weighted by Gasteiger charge is -2.14. The van der Waals surface area contributed by atoms with Crippen molar-refractivity contribution >= 4 is 0 Å². The van der Waals surface area contributed by atoms with Crippen LogP contribution in [0.3, 0.4) is 0 Å². The summed E-state index contributed by atoms with van der Waals surface area (Å²) in [6.45, 7) is 7.74. The van der Waals surface area contributed by atoms with Crippen LogP contribution in [0.5, 0.6) is 0 Å². The van der Waals surface area contributed by atoms with E-state index in [1.54, 1.807) is 0 Å². The van der Waals surface area contributed by atoms with Crippen LogP contribution >= 0.6 is 0 Å². The topological polar surface area (TPSA) is 21.3 Å². The van der Waals surface area contributed by atoms with E-state index in [2.05, 4.69) is 18.8 Å². The second-order valence-corrected chi connectivity index (χ2v) is 3.00. The third-order valence-corrected chi connectivity index (χ3v) is 2.13. The van der Waals surface area contributed by atoms with E-state index in [1.165, 1.54) is 0 Å². The molecule has 0 aromatic rings. The lowest BCUT2D eigenvalue weighted by atomic mass is 10.1. The van der Waals surface area contributed by atoms with Gasteiger partial charge in [-0.1, -0.05) is 6.08 Å². The maximum absolute atomic E-state index is 5.41. The molecule has 1 saturated heterocycles. The van der Waals surface area contributed by atoms with Crippen molar-refractivity contribution in [2.45, 2.75) is 31.9 Å². The molecule has 0 saturated carbocycles. The van der Waals surface area contributed by atoms with Crippen LogP contribution in [0.4, 0.5) is 0 Å². The maximum atomic E-state index is 5.41. The third kappa shape index (κ3) is 2.64. The Morgan fingerprint density at radius 2 is 2.55 bits per heavy atom. The van der Waals surface area contributed by atoms with Gasteiger partial charge in [-0.2, -0.15) is 0 Å². The van der Waals surface area contributed by atoms with E-state index in [4.69, 9.17) is 4.74 Å². The summed E-state index contributed by atoms with van der Waals surface area (Å²) in [4.78, 5) is 0. The van der Waals surface area contributed by atoms with Crippen LogP contribution in [0.1, 0.15) is 19.8 Å². The van der Waals surface area contributed by atoms with Crippen LogP contribution in [0.25, 0.3) is 0 Å². The molecular formula is C9H17NO. The molecule has 1 fully saturated rings. The Morgan fingerprint density at radius 3 is 3.09 bits per heavy atom. The molecule has 1 N–H and O–H groups in total. The standard InChI is InChI=1S/C9H17NO/c1-3-4-6-10-9-5-7-11-8(9)2/h3,8-10H,1,4-7H2,2H3. The monoisotopic (exact) mass is 155 g/mol. The predicted octanol–water partition coefficient (Wildman–Crippen LogP) is 1.33. The second kappa shape index (κ2) is 4.52. The average Bonchev–Trinajstić information content (AvgIpc) is 2.37. The summed E-state index contributed by atoms with van der Waals surface area (Å²) >= 11 is 0. The van der Waals surface area contributed by atoms with E-state index >= 15 is 0 Å². The smallest absolute Gasteiger partial charge is 0.0700 e. The first kappa shape index (κ1) is 8.75. The fraction of sp³-hybridized carbons (Fsp3) is 0.778. The van der Waals surface area contributed by atoms with Gasteiger partial charge in [0.05, 0.1) is 6.10 Å². The predicted molar refractivity (Wildman–Crippen MR) is 46.6 cm³/mol. The molecular weight excluding hydrogens is 138 g/mol. The molecule has 1 aliphatic rings. The number of hydrogen-bond donors (Lipinski definition) is 1. The number of rotatable bonds is 4. The summed E-state index contributed by atoms with van der Waals surface area (Å²) in [6.07, 6.45) is 4.52. The zero-order chi connectivity index (χ0) is 8.10. The van der Waals surface area contributed by atoms with Gasteiger partial charge in [0.25, 0.3) is 0 Å². The van der Waals surface area contributed by atoms with Crippen LogP contribution in [0.15, 0.2) is 12.7 Å². The molecule has 64 valence electrons. The van der Waals surface area contributed by atoms with Crippen LogP contribution < -0.4 is 5.32 Å². The first-order valence-electron chi connectivity index (χ1n) is 4.30. The van der Waals surface area contributed by atoms with Gasteiger partial charge in [0.1, 0.15) is 0 Å². The Bertz CT molecular complexity index is 125. The van der Waals surface area contributed by atoms with Crippen LogP contribution in [0, 0.1) is 0 Å². The van der Waals surface area contributed by atoms with Crippen molar-refractivity contribution in [1.82, 2.24) is 5.32 Å². The summed E-state index contributed by atoms with van der Waals surface area (Å²) in [6, 6.07) is 0.565. The molecule has 1 aliphatic heterocycles. The fourth-order valence-electron chi connectivity index (χ4n) is 1.37. The zero-order valence-electron chi connectivity index (χ0n) is 7.18. The largest absolute Gasteiger partial charge is 0.377 e. The molecule has 0 bridgehead atoms. The Hall–Kier alpha value is -0.340. The minimum absolute atomic E-state index is 0.389. The molecule has 0 aromatic heterocycles. The molecule has 2 heteroatoms. The summed E-state index contributed by atoms with van der Waals surface area (Å²) < 4.78 is 5.41. The van der Waals surface area contributed by atoms with E-state index in [0.29, 0.717) is 12.1 Å². The fourth-order valence-corrected chi connectivity index (χ4v) is 1.37. The highest BCUT2D eigenvalue weighted by Crippen LogP contribution is 2.11. The highest BCUT2D eigenvalue weighted by molar-refractivity contribution is 4.80. The van der Waals surface area contributed by atoms with E-state index in [1.807, 2.05) is 6.08 Å². The molecule has 2 unspecified atom stereocenters. The maximum Gasteiger partial charge on any atom is 0.0700 e. The zero-order valence-corrected chi connectivity index (χ0v) is 7.18. The van der Waals surface area contributed by atoms with Crippen molar-refractivity contribution in [1.29, 1.82) is 0 Å². The Kier molecular flexibility index (Phi) is 3.60. The van der Waals surface area contributed by atoms with Gasteiger partial charge in [-0.05, 0) is 26.3 Å². The highest BCUT2D eigenvalue weighted by Gasteiger charge is 2.22. The number of hydrogen-bond acceptors (Lipinski definition) is 2. The number of nitrogens with one attached hydrogen (secondary N) is 1. The van der Waals surface area contributed by atoms with Gasteiger partial charge in [-0.15, -0.1) is 6.58 Å². The lowest BCUT2D eigenvalue weighted by Crippen LogP contribution is -2.35. The molecule has 1 rings (SSSR count). The normalized spacial score (nSPS) is 30.6. The molecule has 2 nitrogen and oxygen atoms in total. The minimum atomic E-state index is 0.389. The molecule has 2 atom stereocenters. The lowest BCUT2D eigenvalue weighted by molar-refractivity contribution is 0.113. The Labute approximate surface area is 68.6 Å². The molecule has 0 aromatic carbocycles. The van der Waals surface area contributed by atoms with Crippen LogP contribution in [0.2, 0.25) is 0 Å². The summed E-state index contributed by atoms with van der Waals surface area (Å²) in [5.74, 6) is 0. The minimum Gasteiger partial charge on any atom is -0.377 e. The molecule has 0 spiro atoms. The quantitative estimate of drug-likeness (QED) is 0.488. The van der Waals surface area contributed by atoms with Gasteiger partial charge in [-0.3, -0.25) is 0 Å². The van der Waals surface area contributed by atoms with E-state index in [-0.39, 0.29) is 0 Å². The molecule has 11 heavy (non-hydrogen) atoms. The summed E-state index contributed by atoms with van der Waals surface area (Å²) in [5, 5.41) is 3.44. The van der Waals surface area contributed by atoms with Gasteiger partial charge >= 0.3 is 0 Å². The van der Waals surface area contributed by atoms with Gasteiger partial charge in [0, 0.05) is 12.6 Å². The van der Waals surface area contributed by atoms with Crippen molar-refractivity contribution < 1.29 is 4.74 Å². The molecule has 1 heterocycles. The van der Waals surface area contributed by atoms with Crippen LogP contribution in [-0.4, -0.2) is 25.3 Å². The van der Waals surface area contributed by atoms with Gasteiger partial charge in [-0.25, -0.2) is 0 Å². The van der Waals surface area contributed by atoms with Gasteiger partial charge < -0.3 is 10.1 Å². The number of ether oxygens (including phenoxy) is 1. The van der Waals surface area contributed by atoms with E-state index in [9.17, 15) is 0 Å². The summed E-state index contributed by atoms with van der Waals surface area (Å²) in [7, 11) is 0. The average molecular weight is 155 g/mol. The van der Waals surface area contributed by atoms with E-state index < -0.39 is 0 Å². The third-order valence-electron chi connectivity index (χ3n) is 2.13. The SMILES string of the molecule is C=CCCNC1CCOC1C. The molecule has 0 aliphatic carbocycles. The van der Waals surface area contributed by atoms with Crippen molar-refractivity contribution in [3.05, 3.63) is 12.7 Å². The Balaban J connectivity index is 2.10. The second-order valence-electron chi connectivity index (χ2n) is 3.00. The molecule has 0 radical (unpaired) electrons. The van der Waals surface area contributed by atoms with Gasteiger partial charge in [0.2, 0.25) is 0 Å². The highest BCUT2D eigenvalue weighted by atomic mass is 16.5. The van der Waals surface area contributed by atoms with E-state index in [0.717, 1.165) is 26.0 Å². The van der Waals surface area contributed by atoms with Crippen LogP contribution in [-0.2, 0) is 4.74 Å². The van der Waals surface area contributed by atoms with Crippen molar-refractivity contribution in [3.63, 3.8) is 0 Å². The first-order valence-corrected chi connectivity index (χ1v) is 4.30.